The van der Waals surface area contributed by atoms with E-state index in [9.17, 15) is 19.5 Å². The van der Waals surface area contributed by atoms with Crippen LogP contribution in [0, 0.1) is 28.6 Å². The fourth-order valence-corrected chi connectivity index (χ4v) is 9.49. The molecule has 5 aliphatic rings. The molecule has 3 saturated carbocycles. The molecule has 1 aliphatic heterocycles. The Morgan fingerprint density at radius 3 is 2.77 bits per heavy atom. The van der Waals surface area contributed by atoms with Gasteiger partial charge in [-0.25, -0.2) is 9.59 Å². The lowest BCUT2D eigenvalue weighted by molar-refractivity contribution is -0.124. The molecule has 7 atom stereocenters. The summed E-state index contributed by atoms with van der Waals surface area (Å²) in [6.07, 6.45) is 12.0. The van der Waals surface area contributed by atoms with E-state index in [1.54, 1.807) is 22.8 Å². The molecule has 1 saturated heterocycles. The van der Waals surface area contributed by atoms with Crippen molar-refractivity contribution in [3.8, 4) is 0 Å². The van der Waals surface area contributed by atoms with Gasteiger partial charge >= 0.3 is 11.7 Å². The highest BCUT2D eigenvalue weighted by molar-refractivity contribution is 5.78. The van der Waals surface area contributed by atoms with Crippen LogP contribution in [-0.4, -0.2) is 65.7 Å². The molecule has 6 rings (SSSR count). The molecule has 0 unspecified atom stereocenters. The predicted molar refractivity (Wildman–Crippen MR) is 147 cm³/mol. The monoisotopic (exact) mass is 537 g/mol. The van der Waals surface area contributed by atoms with Crippen molar-refractivity contribution in [1.82, 2.24) is 15.1 Å². The van der Waals surface area contributed by atoms with Crippen molar-refractivity contribution in [2.24, 2.45) is 28.6 Å². The fraction of sp³-hybridized carbons (Fsp3) is 0.710. The van der Waals surface area contributed by atoms with Crippen molar-refractivity contribution >= 4 is 12.0 Å². The van der Waals surface area contributed by atoms with E-state index >= 15 is 0 Å². The van der Waals surface area contributed by atoms with Crippen molar-refractivity contribution in [3.63, 3.8) is 0 Å². The summed E-state index contributed by atoms with van der Waals surface area (Å²) in [7, 11) is 0. The lowest BCUT2D eigenvalue weighted by atomic mass is 9.45. The van der Waals surface area contributed by atoms with Crippen LogP contribution in [0.2, 0.25) is 0 Å². The Balaban J connectivity index is 1.14. The van der Waals surface area contributed by atoms with Gasteiger partial charge in [-0.05, 0) is 97.5 Å². The van der Waals surface area contributed by atoms with Gasteiger partial charge in [-0.15, -0.1) is 0 Å². The van der Waals surface area contributed by atoms with Crippen molar-refractivity contribution in [3.05, 3.63) is 46.0 Å². The number of hydrogen-bond donors (Lipinski definition) is 2. The maximum absolute atomic E-state index is 12.3. The maximum atomic E-state index is 12.3. The van der Waals surface area contributed by atoms with E-state index in [-0.39, 0.29) is 28.4 Å². The number of piperazine rings is 1. The van der Waals surface area contributed by atoms with Crippen LogP contribution < -0.4 is 10.9 Å². The highest BCUT2D eigenvalue weighted by atomic mass is 16.4. The quantitative estimate of drug-likeness (QED) is 0.538. The lowest BCUT2D eigenvalue weighted by Gasteiger charge is -2.60. The summed E-state index contributed by atoms with van der Waals surface area (Å²) in [6.45, 7) is 7.79. The molecular weight excluding hydrogens is 494 g/mol. The molecule has 2 heterocycles. The number of allylic oxidation sites excluding steroid dienone is 2. The Morgan fingerprint density at radius 2 is 2.03 bits per heavy atom. The van der Waals surface area contributed by atoms with E-state index in [4.69, 9.17) is 4.42 Å². The predicted octanol–water partition coefficient (Wildman–Crippen LogP) is 4.47. The van der Waals surface area contributed by atoms with Gasteiger partial charge in [-0.3, -0.25) is 9.69 Å². The molecule has 0 aromatic carbocycles. The second-order valence-electron chi connectivity index (χ2n) is 13.3. The summed E-state index contributed by atoms with van der Waals surface area (Å²) >= 11 is 0. The lowest BCUT2D eigenvalue weighted by Crippen LogP contribution is -2.55. The molecule has 1 aromatic heterocycles. The summed E-state index contributed by atoms with van der Waals surface area (Å²) in [5, 5.41) is 13.0. The van der Waals surface area contributed by atoms with Gasteiger partial charge in [0, 0.05) is 38.3 Å². The molecule has 0 spiro atoms. The highest BCUT2D eigenvalue weighted by Gasteiger charge is 2.58. The third-order valence-corrected chi connectivity index (χ3v) is 11.6. The van der Waals surface area contributed by atoms with Gasteiger partial charge in [0.1, 0.15) is 0 Å². The molecule has 4 fully saturated rings. The Morgan fingerprint density at radius 1 is 1.18 bits per heavy atom. The Kier molecular flexibility index (Phi) is 6.89. The standard InChI is InChI=1S/C31H43N3O5/c1-30-11-9-22(34(29(37)38)16-15-33-14-13-32-27(35)18-33)17-21(30)4-5-23-25-7-6-24(20-3-8-28(36)39-19-20)31(25,2)12-10-26(23)30/h3,7-8,19,21-24,26H,4-6,9-18H2,1-2H3,(H,32,35)(H,37,38)/t21-,22+,23+,24-,26+,30+,31-/m1/s1. The van der Waals surface area contributed by atoms with Gasteiger partial charge in [-0.2, -0.15) is 0 Å². The second kappa shape index (κ2) is 10.1. The van der Waals surface area contributed by atoms with Crippen LogP contribution in [0.3, 0.4) is 0 Å². The zero-order valence-corrected chi connectivity index (χ0v) is 23.4. The number of carbonyl (C=O) groups excluding carboxylic acids is 1. The van der Waals surface area contributed by atoms with Crippen molar-refractivity contribution in [1.29, 1.82) is 0 Å². The number of amides is 2. The first-order chi connectivity index (χ1) is 18.7. The van der Waals surface area contributed by atoms with Crippen LogP contribution in [0.4, 0.5) is 4.79 Å². The molecule has 8 nitrogen and oxygen atoms in total. The number of nitrogens with one attached hydrogen (secondary N) is 1. The van der Waals surface area contributed by atoms with E-state index in [1.807, 2.05) is 6.07 Å². The number of nitrogens with zero attached hydrogens (tertiary/aromatic N) is 2. The average molecular weight is 538 g/mol. The first-order valence-electron chi connectivity index (χ1n) is 15.0. The van der Waals surface area contributed by atoms with Gasteiger partial charge in [0.05, 0.1) is 12.8 Å². The van der Waals surface area contributed by atoms with Crippen molar-refractivity contribution in [2.45, 2.75) is 77.2 Å². The summed E-state index contributed by atoms with van der Waals surface area (Å²) in [4.78, 5) is 39.4. The van der Waals surface area contributed by atoms with E-state index in [2.05, 4.69) is 30.1 Å². The van der Waals surface area contributed by atoms with E-state index in [0.29, 0.717) is 49.9 Å². The Bertz CT molecular complexity index is 1190. The summed E-state index contributed by atoms with van der Waals surface area (Å²) in [5.74, 6) is 2.19. The maximum Gasteiger partial charge on any atom is 0.407 e. The van der Waals surface area contributed by atoms with Crippen LogP contribution in [0.1, 0.15) is 76.7 Å². The number of carbonyl (C=O) groups is 2. The van der Waals surface area contributed by atoms with Gasteiger partial charge in [-0.1, -0.05) is 25.5 Å². The topological polar surface area (TPSA) is 103 Å². The minimum Gasteiger partial charge on any atom is -0.465 e. The minimum atomic E-state index is -0.828. The molecule has 8 heteroatoms. The molecule has 0 bridgehead atoms. The largest absolute Gasteiger partial charge is 0.465 e. The zero-order valence-electron chi connectivity index (χ0n) is 23.4. The molecule has 212 valence electrons. The Labute approximate surface area is 230 Å². The molecule has 0 radical (unpaired) electrons. The average Bonchev–Trinajstić information content (AvgIpc) is 3.26. The van der Waals surface area contributed by atoms with Gasteiger partial charge in [0.2, 0.25) is 5.91 Å². The van der Waals surface area contributed by atoms with E-state index in [0.717, 1.165) is 50.6 Å². The van der Waals surface area contributed by atoms with Gasteiger partial charge in [0.25, 0.3) is 0 Å². The second-order valence-corrected chi connectivity index (χ2v) is 13.3. The van der Waals surface area contributed by atoms with Gasteiger partial charge < -0.3 is 19.7 Å². The normalized spacial score (nSPS) is 38.2. The van der Waals surface area contributed by atoms with Crippen molar-refractivity contribution < 1.29 is 19.1 Å². The van der Waals surface area contributed by atoms with Crippen molar-refractivity contribution in [2.75, 3.05) is 32.7 Å². The van der Waals surface area contributed by atoms with Crippen LogP contribution in [0.15, 0.2) is 39.3 Å². The molecule has 1 aromatic rings. The van der Waals surface area contributed by atoms with Crippen LogP contribution in [-0.2, 0) is 4.79 Å². The van der Waals surface area contributed by atoms with Crippen LogP contribution in [0.25, 0.3) is 0 Å². The molecular formula is C31H43N3O5. The third kappa shape index (κ3) is 4.62. The Hall–Kier alpha value is -2.61. The molecule has 2 N–H and O–H groups in total. The highest BCUT2D eigenvalue weighted by Crippen LogP contribution is 2.67. The van der Waals surface area contributed by atoms with Crippen LogP contribution >= 0.6 is 0 Å². The fourth-order valence-electron chi connectivity index (χ4n) is 9.49. The SMILES string of the molecule is C[C@]12CC[C@H](N(CCN3CCNC(=O)C3)C(=O)O)C[C@H]1CC[C@H]1C3=CC[C@H](c4ccc(=O)oc4)[C@@]3(C)CC[C@@H]12. The summed E-state index contributed by atoms with van der Waals surface area (Å²) < 4.78 is 5.25. The molecule has 2 amide bonds. The third-order valence-electron chi connectivity index (χ3n) is 11.6. The zero-order chi connectivity index (χ0) is 27.4. The molecule has 4 aliphatic carbocycles. The van der Waals surface area contributed by atoms with Crippen LogP contribution in [0.5, 0.6) is 0 Å². The number of hydrogen-bond acceptors (Lipinski definition) is 5. The van der Waals surface area contributed by atoms with E-state index in [1.165, 1.54) is 12.8 Å². The van der Waals surface area contributed by atoms with E-state index < -0.39 is 6.09 Å². The number of rotatable bonds is 5. The minimum absolute atomic E-state index is 0.0240. The number of carboxylic acid groups (broad SMARTS) is 1. The number of fused-ring (bicyclic) bond motifs is 5. The summed E-state index contributed by atoms with van der Waals surface area (Å²) in [5.41, 5.74) is 2.85. The first-order valence-corrected chi connectivity index (χ1v) is 15.0. The first kappa shape index (κ1) is 26.6. The smallest absolute Gasteiger partial charge is 0.407 e. The summed E-state index contributed by atoms with van der Waals surface area (Å²) in [6, 6.07) is 3.57. The molecule has 39 heavy (non-hydrogen) atoms. The van der Waals surface area contributed by atoms with Gasteiger partial charge in [0.15, 0.2) is 0 Å².